The molecule has 0 spiro atoms. The maximum atomic E-state index is 13.1. The average molecular weight is 363 g/mol. The number of hydrogen-bond acceptors (Lipinski definition) is 3. The van der Waals surface area contributed by atoms with Crippen molar-refractivity contribution < 1.29 is 9.50 Å². The smallest absolute Gasteiger partial charge is 0.168 e. The number of nitrogens with zero attached hydrogens (tertiary/aromatic N) is 2. The highest BCUT2D eigenvalue weighted by Crippen LogP contribution is 2.25. The normalized spacial score (nSPS) is 11.0. The maximum absolute atomic E-state index is 13.1. The molecule has 0 aliphatic carbocycles. The molecule has 24 heavy (non-hydrogen) atoms. The van der Waals surface area contributed by atoms with Gasteiger partial charge < -0.3 is 9.67 Å². The monoisotopic (exact) mass is 362 g/mol. The van der Waals surface area contributed by atoms with E-state index in [1.807, 2.05) is 28.8 Å². The number of imidazole rings is 1. The molecule has 0 saturated heterocycles. The summed E-state index contributed by atoms with van der Waals surface area (Å²) in [6, 6.07) is 14.0. The number of hydrogen-bond donors (Lipinski definition) is 1. The van der Waals surface area contributed by atoms with Gasteiger partial charge in [-0.3, -0.25) is 0 Å². The van der Waals surface area contributed by atoms with E-state index in [0.29, 0.717) is 11.6 Å². The summed E-state index contributed by atoms with van der Waals surface area (Å²) in [7, 11) is 0. The van der Waals surface area contributed by atoms with E-state index >= 15 is 0 Å². The molecule has 6 heteroatoms. The van der Waals surface area contributed by atoms with Crippen LogP contribution in [-0.2, 0) is 18.9 Å². The third-order valence-corrected chi connectivity index (χ3v) is 4.87. The highest BCUT2D eigenvalue weighted by Gasteiger charge is 2.11. The van der Waals surface area contributed by atoms with Crippen molar-refractivity contribution in [3.8, 4) is 0 Å². The maximum Gasteiger partial charge on any atom is 0.168 e. The van der Waals surface area contributed by atoms with Gasteiger partial charge in [-0.1, -0.05) is 47.6 Å². The van der Waals surface area contributed by atoms with Crippen LogP contribution in [0.15, 0.2) is 59.9 Å². The van der Waals surface area contributed by atoms with Gasteiger partial charge in [0.25, 0.3) is 0 Å². The molecule has 0 fully saturated rings. The summed E-state index contributed by atoms with van der Waals surface area (Å²) < 4.78 is 15.0. The summed E-state index contributed by atoms with van der Waals surface area (Å²) in [5, 5.41) is 11.0. The Morgan fingerprint density at radius 3 is 2.62 bits per heavy atom. The standard InChI is InChI=1S/C18H16ClFN2OS/c19-15-3-1-2-14(8-15)12-24-18-21-9-17(11-23)22(18)10-13-4-6-16(20)7-5-13/h1-9,23H,10-12H2. The van der Waals surface area contributed by atoms with Crippen LogP contribution in [0.5, 0.6) is 0 Å². The molecule has 1 aromatic heterocycles. The van der Waals surface area contributed by atoms with E-state index in [2.05, 4.69) is 4.98 Å². The predicted octanol–water partition coefficient (Wildman–Crippen LogP) is 4.51. The van der Waals surface area contributed by atoms with Crippen molar-refractivity contribution >= 4 is 23.4 Å². The van der Waals surface area contributed by atoms with E-state index in [1.165, 1.54) is 12.1 Å². The van der Waals surface area contributed by atoms with E-state index in [9.17, 15) is 9.50 Å². The summed E-state index contributed by atoms with van der Waals surface area (Å²) in [6.45, 7) is 0.444. The number of halogens is 2. The number of aliphatic hydroxyl groups excluding tert-OH is 1. The molecule has 1 heterocycles. The minimum absolute atomic E-state index is 0.0913. The molecule has 0 atom stereocenters. The van der Waals surface area contributed by atoms with Crippen LogP contribution in [0, 0.1) is 5.82 Å². The second kappa shape index (κ2) is 7.83. The first-order valence-electron chi connectivity index (χ1n) is 7.42. The Kier molecular flexibility index (Phi) is 5.56. The van der Waals surface area contributed by atoms with Crippen molar-refractivity contribution in [2.75, 3.05) is 0 Å². The Hall–Kier alpha value is -1.82. The van der Waals surface area contributed by atoms with Crippen molar-refractivity contribution in [2.24, 2.45) is 0 Å². The average Bonchev–Trinajstić information content (AvgIpc) is 2.97. The van der Waals surface area contributed by atoms with Crippen molar-refractivity contribution in [3.63, 3.8) is 0 Å². The van der Waals surface area contributed by atoms with Crippen LogP contribution in [0.2, 0.25) is 5.02 Å². The molecule has 3 nitrogen and oxygen atoms in total. The zero-order valence-corrected chi connectivity index (χ0v) is 14.4. The summed E-state index contributed by atoms with van der Waals surface area (Å²) >= 11 is 7.59. The van der Waals surface area contributed by atoms with Gasteiger partial charge in [0.2, 0.25) is 0 Å². The number of aliphatic hydroxyl groups is 1. The highest BCUT2D eigenvalue weighted by atomic mass is 35.5. The molecule has 0 unspecified atom stereocenters. The molecule has 0 bridgehead atoms. The zero-order valence-electron chi connectivity index (χ0n) is 12.8. The summed E-state index contributed by atoms with van der Waals surface area (Å²) in [6.07, 6.45) is 1.67. The zero-order chi connectivity index (χ0) is 16.9. The molecule has 0 saturated carbocycles. The minimum atomic E-state index is -0.262. The van der Waals surface area contributed by atoms with Crippen LogP contribution >= 0.6 is 23.4 Å². The van der Waals surface area contributed by atoms with E-state index in [-0.39, 0.29) is 12.4 Å². The van der Waals surface area contributed by atoms with E-state index in [0.717, 1.165) is 27.7 Å². The fourth-order valence-corrected chi connectivity index (χ4v) is 3.50. The van der Waals surface area contributed by atoms with Crippen LogP contribution < -0.4 is 0 Å². The number of benzene rings is 2. The quantitative estimate of drug-likeness (QED) is 0.656. The van der Waals surface area contributed by atoms with Crippen LogP contribution in [-0.4, -0.2) is 14.7 Å². The second-order valence-electron chi connectivity index (χ2n) is 5.32. The number of thioether (sulfide) groups is 1. The van der Waals surface area contributed by atoms with Crippen LogP contribution in [0.4, 0.5) is 4.39 Å². The van der Waals surface area contributed by atoms with E-state index < -0.39 is 0 Å². The molecule has 0 aliphatic heterocycles. The van der Waals surface area contributed by atoms with Gasteiger partial charge in [0, 0.05) is 17.3 Å². The van der Waals surface area contributed by atoms with Gasteiger partial charge in [0.15, 0.2) is 5.16 Å². The van der Waals surface area contributed by atoms with Gasteiger partial charge in [-0.05, 0) is 35.4 Å². The van der Waals surface area contributed by atoms with Gasteiger partial charge in [-0.15, -0.1) is 0 Å². The molecule has 2 aromatic carbocycles. The molecule has 0 aliphatic rings. The Labute approximate surface area is 149 Å². The molecule has 3 aromatic rings. The van der Waals surface area contributed by atoms with Gasteiger partial charge in [-0.2, -0.15) is 0 Å². The van der Waals surface area contributed by atoms with Gasteiger partial charge in [0.05, 0.1) is 18.5 Å². The second-order valence-corrected chi connectivity index (χ2v) is 6.70. The van der Waals surface area contributed by atoms with Gasteiger partial charge in [-0.25, -0.2) is 9.37 Å². The lowest BCUT2D eigenvalue weighted by Gasteiger charge is -2.11. The first-order valence-corrected chi connectivity index (χ1v) is 8.79. The lowest BCUT2D eigenvalue weighted by Crippen LogP contribution is -2.06. The first kappa shape index (κ1) is 17.0. The molecule has 3 rings (SSSR count). The van der Waals surface area contributed by atoms with Gasteiger partial charge in [0.1, 0.15) is 5.82 Å². The third kappa shape index (κ3) is 4.17. The fourth-order valence-electron chi connectivity index (χ4n) is 2.35. The lowest BCUT2D eigenvalue weighted by molar-refractivity contribution is 0.270. The first-order chi connectivity index (χ1) is 11.7. The van der Waals surface area contributed by atoms with Crippen molar-refractivity contribution in [1.82, 2.24) is 9.55 Å². The largest absolute Gasteiger partial charge is 0.390 e. The molecule has 0 radical (unpaired) electrons. The summed E-state index contributed by atoms with van der Waals surface area (Å²) in [5.74, 6) is 0.466. The molecule has 124 valence electrons. The molecule has 0 amide bonds. The van der Waals surface area contributed by atoms with E-state index in [4.69, 9.17) is 11.6 Å². The number of rotatable bonds is 6. The Morgan fingerprint density at radius 1 is 1.12 bits per heavy atom. The third-order valence-electron chi connectivity index (χ3n) is 3.57. The number of aromatic nitrogens is 2. The fraction of sp³-hybridized carbons (Fsp3) is 0.167. The molecular weight excluding hydrogens is 347 g/mol. The highest BCUT2D eigenvalue weighted by molar-refractivity contribution is 7.98. The summed E-state index contributed by atoms with van der Waals surface area (Å²) in [4.78, 5) is 4.40. The Morgan fingerprint density at radius 2 is 1.92 bits per heavy atom. The van der Waals surface area contributed by atoms with Crippen LogP contribution in [0.3, 0.4) is 0 Å². The van der Waals surface area contributed by atoms with Crippen molar-refractivity contribution in [1.29, 1.82) is 0 Å². The SMILES string of the molecule is OCc1cnc(SCc2cccc(Cl)c2)n1Cc1ccc(F)cc1. The van der Waals surface area contributed by atoms with Crippen molar-refractivity contribution in [3.05, 3.63) is 82.4 Å². The van der Waals surface area contributed by atoms with E-state index in [1.54, 1.807) is 30.1 Å². The minimum Gasteiger partial charge on any atom is -0.390 e. The van der Waals surface area contributed by atoms with Crippen LogP contribution in [0.25, 0.3) is 0 Å². The Bertz CT molecular complexity index is 820. The topological polar surface area (TPSA) is 38.1 Å². The van der Waals surface area contributed by atoms with Crippen molar-refractivity contribution in [2.45, 2.75) is 24.1 Å². The predicted molar refractivity (Wildman–Crippen MR) is 94.7 cm³/mol. The van der Waals surface area contributed by atoms with Gasteiger partial charge >= 0.3 is 0 Å². The lowest BCUT2D eigenvalue weighted by atomic mass is 10.2. The Balaban J connectivity index is 1.78. The molecule has 1 N–H and O–H groups in total. The molecular formula is C18H16ClFN2OS. The summed E-state index contributed by atoms with van der Waals surface area (Å²) in [5.41, 5.74) is 2.79. The van der Waals surface area contributed by atoms with Crippen LogP contribution in [0.1, 0.15) is 16.8 Å².